The number of nitrogens with zero attached hydrogens (tertiary/aromatic N) is 1. The van der Waals surface area contributed by atoms with Crippen molar-refractivity contribution < 1.29 is 19.1 Å². The summed E-state index contributed by atoms with van der Waals surface area (Å²) in [5.74, 6) is 0.423. The first-order valence-electron chi connectivity index (χ1n) is 7.70. The Balaban J connectivity index is 1.81. The standard InChI is InChI=1S/C18H17ClN2O4/c1-11-18(23)21(14-5-3-4-6-16(14)25-11)10-17(22)20-13-9-12(19)7-8-15(13)24-2/h3-9,11H,10H2,1-2H3,(H,20,22)/t11-/m1/s1. The zero-order chi connectivity index (χ0) is 18.0. The third-order valence-corrected chi connectivity index (χ3v) is 4.05. The quantitative estimate of drug-likeness (QED) is 0.909. The molecule has 1 aliphatic heterocycles. The molecular weight excluding hydrogens is 344 g/mol. The largest absolute Gasteiger partial charge is 0.495 e. The SMILES string of the molecule is COc1ccc(Cl)cc1NC(=O)CN1C(=O)[C@@H](C)Oc2ccccc21. The summed E-state index contributed by atoms with van der Waals surface area (Å²) in [7, 11) is 1.50. The van der Waals surface area contributed by atoms with Crippen LogP contribution in [0.5, 0.6) is 11.5 Å². The minimum Gasteiger partial charge on any atom is -0.495 e. The lowest BCUT2D eigenvalue weighted by molar-refractivity contribution is -0.127. The molecule has 7 heteroatoms. The molecule has 6 nitrogen and oxygen atoms in total. The van der Waals surface area contributed by atoms with Crippen LogP contribution in [0.25, 0.3) is 0 Å². The normalized spacial score (nSPS) is 16.0. The highest BCUT2D eigenvalue weighted by molar-refractivity contribution is 6.31. The lowest BCUT2D eigenvalue weighted by Gasteiger charge is -2.32. The van der Waals surface area contributed by atoms with Crippen molar-refractivity contribution >= 4 is 34.8 Å². The number of hydrogen-bond donors (Lipinski definition) is 1. The van der Waals surface area contributed by atoms with Crippen LogP contribution in [0.3, 0.4) is 0 Å². The molecule has 0 fully saturated rings. The third kappa shape index (κ3) is 3.53. The number of methoxy groups -OCH3 is 1. The molecule has 2 amide bonds. The van der Waals surface area contributed by atoms with Gasteiger partial charge < -0.3 is 14.8 Å². The number of anilines is 2. The molecule has 0 unspecified atom stereocenters. The van der Waals surface area contributed by atoms with E-state index < -0.39 is 6.10 Å². The molecule has 1 atom stereocenters. The average molecular weight is 361 g/mol. The summed E-state index contributed by atoms with van der Waals surface area (Å²) in [5.41, 5.74) is 1.01. The van der Waals surface area contributed by atoms with E-state index in [9.17, 15) is 9.59 Å². The number of para-hydroxylation sites is 2. The maximum Gasteiger partial charge on any atom is 0.268 e. The van der Waals surface area contributed by atoms with Crippen molar-refractivity contribution in [3.63, 3.8) is 0 Å². The van der Waals surface area contributed by atoms with Crippen molar-refractivity contribution in [1.29, 1.82) is 0 Å². The Morgan fingerprint density at radius 3 is 2.84 bits per heavy atom. The Bertz CT molecular complexity index is 824. The van der Waals surface area contributed by atoms with Gasteiger partial charge in [0.15, 0.2) is 6.10 Å². The number of rotatable bonds is 4. The van der Waals surface area contributed by atoms with E-state index in [-0.39, 0.29) is 18.4 Å². The molecule has 3 rings (SSSR count). The number of carbonyl (C=O) groups excluding carboxylic acids is 2. The van der Waals surface area contributed by atoms with Crippen molar-refractivity contribution in [3.05, 3.63) is 47.5 Å². The Kier molecular flexibility index (Phi) is 4.81. The molecule has 130 valence electrons. The van der Waals surface area contributed by atoms with Crippen molar-refractivity contribution in [2.24, 2.45) is 0 Å². The highest BCUT2D eigenvalue weighted by Gasteiger charge is 2.32. The van der Waals surface area contributed by atoms with Gasteiger partial charge in [0.1, 0.15) is 18.0 Å². The highest BCUT2D eigenvalue weighted by atomic mass is 35.5. The van der Waals surface area contributed by atoms with Crippen LogP contribution in [0.2, 0.25) is 5.02 Å². The molecule has 25 heavy (non-hydrogen) atoms. The van der Waals surface area contributed by atoms with Crippen LogP contribution in [-0.2, 0) is 9.59 Å². The molecule has 1 heterocycles. The monoisotopic (exact) mass is 360 g/mol. The Hall–Kier alpha value is -2.73. The molecule has 0 radical (unpaired) electrons. The van der Waals surface area contributed by atoms with Gasteiger partial charge in [0.05, 0.1) is 18.5 Å². The van der Waals surface area contributed by atoms with E-state index in [1.54, 1.807) is 43.3 Å². The minimum absolute atomic E-state index is 0.140. The maximum atomic E-state index is 12.5. The second-order valence-corrected chi connectivity index (χ2v) is 5.98. The van der Waals surface area contributed by atoms with Crippen molar-refractivity contribution in [3.8, 4) is 11.5 Å². The number of fused-ring (bicyclic) bond motifs is 1. The Morgan fingerprint density at radius 2 is 2.08 bits per heavy atom. The van der Waals surface area contributed by atoms with E-state index in [0.717, 1.165) is 0 Å². The summed E-state index contributed by atoms with van der Waals surface area (Å²) < 4.78 is 10.8. The van der Waals surface area contributed by atoms with Crippen molar-refractivity contribution in [2.45, 2.75) is 13.0 Å². The van der Waals surface area contributed by atoms with Crippen molar-refractivity contribution in [2.75, 3.05) is 23.9 Å². The molecule has 0 saturated carbocycles. The van der Waals surface area contributed by atoms with Crippen LogP contribution in [0.4, 0.5) is 11.4 Å². The highest BCUT2D eigenvalue weighted by Crippen LogP contribution is 2.33. The number of hydrogen-bond acceptors (Lipinski definition) is 4. The van der Waals surface area contributed by atoms with Crippen LogP contribution in [0.1, 0.15) is 6.92 Å². The van der Waals surface area contributed by atoms with Crippen LogP contribution in [0, 0.1) is 0 Å². The van der Waals surface area contributed by atoms with E-state index in [4.69, 9.17) is 21.1 Å². The lowest BCUT2D eigenvalue weighted by atomic mass is 10.2. The van der Waals surface area contributed by atoms with Crippen LogP contribution in [0.15, 0.2) is 42.5 Å². The van der Waals surface area contributed by atoms with Crippen LogP contribution in [-0.4, -0.2) is 31.6 Å². The van der Waals surface area contributed by atoms with Crippen molar-refractivity contribution in [1.82, 2.24) is 0 Å². The summed E-state index contributed by atoms with van der Waals surface area (Å²) in [4.78, 5) is 26.3. The van der Waals surface area contributed by atoms with E-state index in [1.165, 1.54) is 12.0 Å². The predicted octanol–water partition coefficient (Wildman–Crippen LogP) is 3.10. The number of ether oxygens (including phenoxy) is 2. The Morgan fingerprint density at radius 1 is 1.32 bits per heavy atom. The summed E-state index contributed by atoms with van der Waals surface area (Å²) in [6.07, 6.45) is -0.650. The number of benzene rings is 2. The zero-order valence-electron chi connectivity index (χ0n) is 13.8. The Labute approximate surface area is 150 Å². The van der Waals surface area contributed by atoms with Gasteiger partial charge in [-0.05, 0) is 37.3 Å². The van der Waals surface area contributed by atoms with Crippen LogP contribution < -0.4 is 19.7 Å². The molecule has 0 bridgehead atoms. The number of amides is 2. The predicted molar refractivity (Wildman–Crippen MR) is 95.5 cm³/mol. The van der Waals surface area contributed by atoms with Gasteiger partial charge in [-0.25, -0.2) is 0 Å². The van der Waals surface area contributed by atoms with E-state index in [0.29, 0.717) is 27.9 Å². The van der Waals surface area contributed by atoms with Gasteiger partial charge in [-0.2, -0.15) is 0 Å². The maximum absolute atomic E-state index is 12.5. The lowest BCUT2D eigenvalue weighted by Crippen LogP contribution is -2.47. The molecule has 0 spiro atoms. The summed E-state index contributed by atoms with van der Waals surface area (Å²) >= 11 is 5.97. The second kappa shape index (κ2) is 7.03. The zero-order valence-corrected chi connectivity index (χ0v) is 14.5. The second-order valence-electron chi connectivity index (χ2n) is 5.54. The first-order valence-corrected chi connectivity index (χ1v) is 8.08. The average Bonchev–Trinajstić information content (AvgIpc) is 2.59. The van der Waals surface area contributed by atoms with Gasteiger partial charge in [-0.15, -0.1) is 0 Å². The first-order chi connectivity index (χ1) is 12.0. The number of carbonyl (C=O) groups is 2. The first kappa shape index (κ1) is 17.1. The van der Waals surface area contributed by atoms with Gasteiger partial charge in [0.2, 0.25) is 5.91 Å². The fourth-order valence-electron chi connectivity index (χ4n) is 2.63. The summed E-state index contributed by atoms with van der Waals surface area (Å²) in [5, 5.41) is 3.20. The number of halogens is 1. The third-order valence-electron chi connectivity index (χ3n) is 3.81. The molecular formula is C18H17ClN2O4. The summed E-state index contributed by atoms with van der Waals surface area (Å²) in [6.45, 7) is 1.52. The van der Waals surface area contributed by atoms with Gasteiger partial charge in [-0.3, -0.25) is 14.5 Å². The van der Waals surface area contributed by atoms with Gasteiger partial charge in [-0.1, -0.05) is 23.7 Å². The molecule has 2 aromatic rings. The van der Waals surface area contributed by atoms with E-state index in [2.05, 4.69) is 5.32 Å². The van der Waals surface area contributed by atoms with E-state index in [1.807, 2.05) is 6.07 Å². The molecule has 0 saturated heterocycles. The molecule has 2 aromatic carbocycles. The molecule has 1 aliphatic rings. The topological polar surface area (TPSA) is 67.9 Å². The van der Waals surface area contributed by atoms with Gasteiger partial charge >= 0.3 is 0 Å². The molecule has 0 aliphatic carbocycles. The molecule has 1 N–H and O–H groups in total. The molecule has 0 aromatic heterocycles. The fourth-order valence-corrected chi connectivity index (χ4v) is 2.81. The minimum atomic E-state index is -0.650. The van der Waals surface area contributed by atoms with Gasteiger partial charge in [0, 0.05) is 5.02 Å². The summed E-state index contributed by atoms with van der Waals surface area (Å²) in [6, 6.07) is 12.0. The van der Waals surface area contributed by atoms with E-state index >= 15 is 0 Å². The van der Waals surface area contributed by atoms with Gasteiger partial charge in [0.25, 0.3) is 5.91 Å². The number of nitrogens with one attached hydrogen (secondary N) is 1. The van der Waals surface area contributed by atoms with Crippen LogP contribution >= 0.6 is 11.6 Å². The fraction of sp³-hybridized carbons (Fsp3) is 0.222. The smallest absolute Gasteiger partial charge is 0.268 e.